The summed E-state index contributed by atoms with van der Waals surface area (Å²) in [6, 6.07) is 13.4. The van der Waals surface area contributed by atoms with E-state index in [0.717, 1.165) is 36.8 Å². The van der Waals surface area contributed by atoms with E-state index < -0.39 is 15.6 Å². The number of amides is 1. The highest BCUT2D eigenvalue weighted by molar-refractivity contribution is 7.92. The minimum atomic E-state index is -3.80. The Morgan fingerprint density at radius 1 is 0.933 bits per heavy atom. The molecule has 0 saturated carbocycles. The third-order valence-electron chi connectivity index (χ3n) is 5.63. The molecule has 0 aliphatic carbocycles. The van der Waals surface area contributed by atoms with Crippen LogP contribution >= 0.6 is 0 Å². The van der Waals surface area contributed by atoms with Gasteiger partial charge in [-0.25, -0.2) is 12.8 Å². The van der Waals surface area contributed by atoms with Crippen LogP contribution in [0.2, 0.25) is 0 Å². The molecule has 1 saturated heterocycles. The summed E-state index contributed by atoms with van der Waals surface area (Å²) in [5.74, 6) is -1.16. The number of halogens is 1. The standard InChI is InChI=1S/C23H25FN2O3S/c24-19-11-9-18(10-12-19)15-26-16-22(20-7-3-4-8-21(20)26)30(28,29)17-23(27)25-13-5-1-2-6-14-25/h3-4,7-12,16H,1-2,5-6,13-15,17H2. The minimum Gasteiger partial charge on any atom is -0.342 e. The molecule has 0 atom stereocenters. The van der Waals surface area contributed by atoms with Crippen molar-refractivity contribution in [2.45, 2.75) is 37.1 Å². The Bertz CT molecular complexity index is 1140. The van der Waals surface area contributed by atoms with Gasteiger partial charge in [0.15, 0.2) is 9.84 Å². The van der Waals surface area contributed by atoms with Crippen LogP contribution in [-0.2, 0) is 21.2 Å². The van der Waals surface area contributed by atoms with Crippen LogP contribution in [0.4, 0.5) is 4.39 Å². The lowest BCUT2D eigenvalue weighted by Crippen LogP contribution is -2.36. The summed E-state index contributed by atoms with van der Waals surface area (Å²) < 4.78 is 41.4. The van der Waals surface area contributed by atoms with Crippen molar-refractivity contribution in [2.75, 3.05) is 18.8 Å². The van der Waals surface area contributed by atoms with Gasteiger partial charge in [-0.15, -0.1) is 0 Å². The quantitative estimate of drug-likeness (QED) is 0.617. The van der Waals surface area contributed by atoms with Gasteiger partial charge in [-0.1, -0.05) is 43.2 Å². The molecule has 4 rings (SSSR count). The maximum Gasteiger partial charge on any atom is 0.238 e. The fraction of sp³-hybridized carbons (Fsp3) is 0.348. The first-order valence-corrected chi connectivity index (χ1v) is 11.9. The van der Waals surface area contributed by atoms with Crippen LogP contribution in [-0.4, -0.2) is 42.6 Å². The summed E-state index contributed by atoms with van der Waals surface area (Å²) in [7, 11) is -3.80. The molecule has 1 aliphatic rings. The van der Waals surface area contributed by atoms with Gasteiger partial charge in [-0.2, -0.15) is 0 Å². The first-order chi connectivity index (χ1) is 14.4. The van der Waals surface area contributed by atoms with E-state index in [1.165, 1.54) is 12.1 Å². The van der Waals surface area contributed by atoms with Crippen LogP contribution in [0.15, 0.2) is 59.6 Å². The zero-order valence-corrected chi connectivity index (χ0v) is 17.6. The number of aromatic nitrogens is 1. The van der Waals surface area contributed by atoms with E-state index in [-0.39, 0.29) is 16.6 Å². The third kappa shape index (κ3) is 4.41. The van der Waals surface area contributed by atoms with E-state index in [1.807, 2.05) is 16.7 Å². The Kier molecular flexibility index (Phi) is 5.90. The summed E-state index contributed by atoms with van der Waals surface area (Å²) in [5.41, 5.74) is 1.63. The highest BCUT2D eigenvalue weighted by atomic mass is 32.2. The Balaban J connectivity index is 1.64. The van der Waals surface area contributed by atoms with E-state index in [0.29, 0.717) is 25.0 Å². The topological polar surface area (TPSA) is 59.4 Å². The van der Waals surface area contributed by atoms with Crippen molar-refractivity contribution < 1.29 is 17.6 Å². The molecule has 2 aromatic carbocycles. The normalized spacial score (nSPS) is 15.3. The smallest absolute Gasteiger partial charge is 0.238 e. The van der Waals surface area contributed by atoms with Crippen LogP contribution in [0.3, 0.4) is 0 Å². The fourth-order valence-corrected chi connectivity index (χ4v) is 5.49. The number of hydrogen-bond acceptors (Lipinski definition) is 3. The van der Waals surface area contributed by atoms with Gasteiger partial charge < -0.3 is 9.47 Å². The van der Waals surface area contributed by atoms with Crippen molar-refractivity contribution in [3.05, 3.63) is 66.1 Å². The van der Waals surface area contributed by atoms with Crippen LogP contribution in [0, 0.1) is 5.82 Å². The van der Waals surface area contributed by atoms with Crippen LogP contribution in [0.25, 0.3) is 10.9 Å². The molecule has 1 aromatic heterocycles. The highest BCUT2D eigenvalue weighted by Gasteiger charge is 2.27. The second-order valence-corrected chi connectivity index (χ2v) is 9.78. The maximum absolute atomic E-state index is 13.2. The molecule has 158 valence electrons. The Morgan fingerprint density at radius 2 is 1.60 bits per heavy atom. The molecule has 7 heteroatoms. The molecule has 5 nitrogen and oxygen atoms in total. The Labute approximate surface area is 176 Å². The predicted molar refractivity (Wildman–Crippen MR) is 115 cm³/mol. The summed E-state index contributed by atoms with van der Waals surface area (Å²) in [6.07, 6.45) is 5.59. The van der Waals surface area contributed by atoms with Crippen molar-refractivity contribution in [3.63, 3.8) is 0 Å². The van der Waals surface area contributed by atoms with Crippen molar-refractivity contribution in [2.24, 2.45) is 0 Å². The second kappa shape index (κ2) is 8.60. The number of carbonyl (C=O) groups excluding carboxylic acids is 1. The van der Waals surface area contributed by atoms with Crippen LogP contribution in [0.1, 0.15) is 31.2 Å². The SMILES string of the molecule is O=C(CS(=O)(=O)c1cn(Cc2ccc(F)cc2)c2ccccc12)N1CCCCCC1. The number of likely N-dealkylation sites (tertiary alicyclic amines) is 1. The molecule has 30 heavy (non-hydrogen) atoms. The fourth-order valence-electron chi connectivity index (χ4n) is 4.03. The van der Waals surface area contributed by atoms with E-state index in [2.05, 4.69) is 0 Å². The third-order valence-corrected chi connectivity index (χ3v) is 7.25. The summed E-state index contributed by atoms with van der Waals surface area (Å²) in [5, 5.41) is 0.600. The lowest BCUT2D eigenvalue weighted by atomic mass is 10.2. The Hall–Kier alpha value is -2.67. The second-order valence-electron chi connectivity index (χ2n) is 7.82. The molecule has 1 fully saturated rings. The zero-order chi connectivity index (χ0) is 21.1. The number of benzene rings is 2. The maximum atomic E-state index is 13.2. The minimum absolute atomic E-state index is 0.170. The summed E-state index contributed by atoms with van der Waals surface area (Å²) in [4.78, 5) is 14.6. The number of para-hydroxylation sites is 1. The van der Waals surface area contributed by atoms with E-state index in [4.69, 9.17) is 0 Å². The number of fused-ring (bicyclic) bond motifs is 1. The van der Waals surface area contributed by atoms with E-state index >= 15 is 0 Å². The van der Waals surface area contributed by atoms with E-state index in [1.54, 1.807) is 35.4 Å². The number of carbonyl (C=O) groups is 1. The van der Waals surface area contributed by atoms with Gasteiger partial charge in [0.05, 0.1) is 4.90 Å². The monoisotopic (exact) mass is 428 g/mol. The number of hydrogen-bond donors (Lipinski definition) is 0. The molecule has 3 aromatic rings. The van der Waals surface area contributed by atoms with Gasteiger partial charge in [0.1, 0.15) is 11.6 Å². The first-order valence-electron chi connectivity index (χ1n) is 10.3. The summed E-state index contributed by atoms with van der Waals surface area (Å²) in [6.45, 7) is 1.66. The Morgan fingerprint density at radius 3 is 2.30 bits per heavy atom. The first kappa shape index (κ1) is 20.6. The molecule has 1 amide bonds. The zero-order valence-electron chi connectivity index (χ0n) is 16.8. The molecule has 0 spiro atoms. The molecule has 0 unspecified atom stereocenters. The lowest BCUT2D eigenvalue weighted by Gasteiger charge is -2.20. The van der Waals surface area contributed by atoms with Gasteiger partial charge in [0.25, 0.3) is 0 Å². The van der Waals surface area contributed by atoms with Gasteiger partial charge in [-0.3, -0.25) is 4.79 Å². The van der Waals surface area contributed by atoms with Crippen molar-refractivity contribution in [1.29, 1.82) is 0 Å². The average Bonchev–Trinajstić information content (AvgIpc) is 2.90. The van der Waals surface area contributed by atoms with Gasteiger partial charge in [0.2, 0.25) is 5.91 Å². The van der Waals surface area contributed by atoms with Crippen molar-refractivity contribution >= 4 is 26.6 Å². The van der Waals surface area contributed by atoms with Gasteiger partial charge in [-0.05, 0) is 36.6 Å². The molecule has 0 radical (unpaired) electrons. The highest BCUT2D eigenvalue weighted by Crippen LogP contribution is 2.27. The van der Waals surface area contributed by atoms with Gasteiger partial charge in [0, 0.05) is 36.7 Å². The molecule has 2 heterocycles. The summed E-state index contributed by atoms with van der Waals surface area (Å²) >= 11 is 0. The van der Waals surface area contributed by atoms with Gasteiger partial charge >= 0.3 is 0 Å². The predicted octanol–water partition coefficient (Wildman–Crippen LogP) is 4.01. The molecular formula is C23H25FN2O3S. The van der Waals surface area contributed by atoms with E-state index in [9.17, 15) is 17.6 Å². The molecule has 0 N–H and O–H groups in total. The van der Waals surface area contributed by atoms with Crippen LogP contribution in [0.5, 0.6) is 0 Å². The average molecular weight is 429 g/mol. The van der Waals surface area contributed by atoms with Crippen molar-refractivity contribution in [3.8, 4) is 0 Å². The molecule has 0 bridgehead atoms. The molecule has 1 aliphatic heterocycles. The number of sulfone groups is 1. The van der Waals surface area contributed by atoms with Crippen LogP contribution < -0.4 is 0 Å². The lowest BCUT2D eigenvalue weighted by molar-refractivity contribution is -0.128. The largest absolute Gasteiger partial charge is 0.342 e. The number of rotatable bonds is 5. The van der Waals surface area contributed by atoms with Crippen molar-refractivity contribution in [1.82, 2.24) is 9.47 Å². The number of nitrogens with zero attached hydrogens (tertiary/aromatic N) is 2. The molecular weight excluding hydrogens is 403 g/mol.